The Kier molecular flexibility index (Phi) is 4.21. The summed E-state index contributed by atoms with van der Waals surface area (Å²) in [6.45, 7) is 1.53. The van der Waals surface area contributed by atoms with Gasteiger partial charge in [-0.1, -0.05) is 11.6 Å². The lowest BCUT2D eigenvalue weighted by molar-refractivity contribution is -0.387. The second kappa shape index (κ2) is 5.76. The SMILES string of the molecule is C[C@@H](NS(=O)(=O)c1ccc(Cl)cc1[N+](=O)[O-])c1ncn[nH]1. The molecule has 2 aromatic rings. The predicted octanol–water partition coefficient (Wildman–Crippen LogP) is 1.41. The van der Waals surface area contributed by atoms with Gasteiger partial charge in [0.25, 0.3) is 5.69 Å². The normalized spacial score (nSPS) is 13.0. The molecule has 0 aliphatic carbocycles. The molecule has 21 heavy (non-hydrogen) atoms. The Morgan fingerprint density at radius 3 is 2.76 bits per heavy atom. The summed E-state index contributed by atoms with van der Waals surface area (Å²) in [6, 6.07) is 2.60. The second-order valence-electron chi connectivity index (χ2n) is 4.08. The molecule has 2 N–H and O–H groups in total. The fourth-order valence-electron chi connectivity index (χ4n) is 1.64. The molecule has 0 aliphatic heterocycles. The molecule has 1 aromatic heterocycles. The molecular weight excluding hydrogens is 322 g/mol. The fraction of sp³-hybridized carbons (Fsp3) is 0.200. The van der Waals surface area contributed by atoms with Crippen molar-refractivity contribution in [1.29, 1.82) is 0 Å². The molecule has 2 rings (SSSR count). The number of sulfonamides is 1. The van der Waals surface area contributed by atoms with Gasteiger partial charge in [0.1, 0.15) is 12.2 Å². The number of benzene rings is 1. The van der Waals surface area contributed by atoms with Crippen LogP contribution in [-0.2, 0) is 10.0 Å². The van der Waals surface area contributed by atoms with Crippen molar-refractivity contribution in [3.05, 3.63) is 45.5 Å². The van der Waals surface area contributed by atoms with Crippen LogP contribution in [-0.4, -0.2) is 28.5 Å². The first-order valence-electron chi connectivity index (χ1n) is 5.63. The maximum atomic E-state index is 12.3. The zero-order chi connectivity index (χ0) is 15.6. The summed E-state index contributed by atoms with van der Waals surface area (Å²) in [4.78, 5) is 13.5. The topological polar surface area (TPSA) is 131 Å². The smallest absolute Gasteiger partial charge is 0.262 e. The minimum atomic E-state index is -4.12. The Hall–Kier alpha value is -2.04. The number of halogens is 1. The first kappa shape index (κ1) is 15.4. The van der Waals surface area contributed by atoms with E-state index < -0.39 is 31.6 Å². The standard InChI is InChI=1S/C10H10ClN5O4S/c1-6(10-12-5-13-14-10)15-21(19,20)9-3-2-7(11)4-8(9)16(17)18/h2-6,15H,1H3,(H,12,13,14)/t6-/m1/s1. The summed E-state index contributed by atoms with van der Waals surface area (Å²) in [5.74, 6) is 0.287. The Balaban J connectivity index is 2.38. The molecule has 0 bridgehead atoms. The van der Waals surface area contributed by atoms with Crippen LogP contribution in [0.3, 0.4) is 0 Å². The summed E-state index contributed by atoms with van der Waals surface area (Å²) in [5, 5.41) is 17.2. The molecular formula is C10H10ClN5O4S. The number of H-pyrrole nitrogens is 1. The maximum absolute atomic E-state index is 12.3. The highest BCUT2D eigenvalue weighted by Crippen LogP contribution is 2.27. The van der Waals surface area contributed by atoms with Crippen molar-refractivity contribution in [3.8, 4) is 0 Å². The van der Waals surface area contributed by atoms with Crippen molar-refractivity contribution in [1.82, 2.24) is 19.9 Å². The number of nitro groups is 1. The van der Waals surface area contributed by atoms with Crippen LogP contribution in [0.2, 0.25) is 5.02 Å². The number of nitro benzene ring substituents is 1. The zero-order valence-electron chi connectivity index (χ0n) is 10.6. The van der Waals surface area contributed by atoms with Gasteiger partial charge in [-0.3, -0.25) is 15.2 Å². The molecule has 1 heterocycles. The summed E-state index contributed by atoms with van der Waals surface area (Å²) in [7, 11) is -4.12. The minimum absolute atomic E-state index is 0.0731. The van der Waals surface area contributed by atoms with Gasteiger partial charge in [-0.25, -0.2) is 18.1 Å². The van der Waals surface area contributed by atoms with Crippen molar-refractivity contribution < 1.29 is 13.3 Å². The van der Waals surface area contributed by atoms with Crippen LogP contribution in [0, 0.1) is 10.1 Å². The third kappa shape index (κ3) is 3.35. The highest BCUT2D eigenvalue weighted by molar-refractivity contribution is 7.89. The second-order valence-corrected chi connectivity index (χ2v) is 6.20. The number of nitrogens with one attached hydrogen (secondary N) is 2. The van der Waals surface area contributed by atoms with E-state index >= 15 is 0 Å². The van der Waals surface area contributed by atoms with Crippen LogP contribution in [0.15, 0.2) is 29.4 Å². The molecule has 0 amide bonds. The number of aromatic nitrogens is 3. The summed E-state index contributed by atoms with van der Waals surface area (Å²) in [5.41, 5.74) is -0.597. The van der Waals surface area contributed by atoms with E-state index in [1.54, 1.807) is 0 Å². The van der Waals surface area contributed by atoms with E-state index in [4.69, 9.17) is 11.6 Å². The quantitative estimate of drug-likeness (QED) is 0.629. The third-order valence-corrected chi connectivity index (χ3v) is 4.41. The van der Waals surface area contributed by atoms with Crippen molar-refractivity contribution in [2.45, 2.75) is 17.9 Å². The molecule has 0 aliphatic rings. The molecule has 0 unspecified atom stereocenters. The largest absolute Gasteiger partial charge is 0.290 e. The maximum Gasteiger partial charge on any atom is 0.290 e. The van der Waals surface area contributed by atoms with Gasteiger partial charge in [-0.15, -0.1) is 0 Å². The van der Waals surface area contributed by atoms with E-state index in [2.05, 4.69) is 19.9 Å². The van der Waals surface area contributed by atoms with Gasteiger partial charge in [0, 0.05) is 11.1 Å². The molecule has 1 aromatic carbocycles. The zero-order valence-corrected chi connectivity index (χ0v) is 12.2. The lowest BCUT2D eigenvalue weighted by Gasteiger charge is -2.12. The number of nitrogens with zero attached hydrogens (tertiary/aromatic N) is 3. The van der Waals surface area contributed by atoms with Crippen molar-refractivity contribution in [2.24, 2.45) is 0 Å². The lowest BCUT2D eigenvalue weighted by Crippen LogP contribution is -2.28. The first-order valence-corrected chi connectivity index (χ1v) is 7.49. The van der Waals surface area contributed by atoms with Crippen LogP contribution in [0.1, 0.15) is 18.8 Å². The molecule has 0 spiro atoms. The molecule has 0 radical (unpaired) electrons. The van der Waals surface area contributed by atoms with E-state index in [1.807, 2.05) is 0 Å². The Morgan fingerprint density at radius 2 is 2.19 bits per heavy atom. The molecule has 0 fully saturated rings. The summed E-state index contributed by atoms with van der Waals surface area (Å²) < 4.78 is 26.8. The van der Waals surface area contributed by atoms with E-state index in [0.29, 0.717) is 0 Å². The van der Waals surface area contributed by atoms with Crippen molar-refractivity contribution in [3.63, 3.8) is 0 Å². The number of rotatable bonds is 5. The first-order chi connectivity index (χ1) is 9.81. The summed E-state index contributed by atoms with van der Waals surface area (Å²) >= 11 is 5.66. The van der Waals surface area contributed by atoms with E-state index in [9.17, 15) is 18.5 Å². The Morgan fingerprint density at radius 1 is 1.48 bits per heavy atom. The van der Waals surface area contributed by atoms with Crippen LogP contribution < -0.4 is 4.72 Å². The monoisotopic (exact) mass is 331 g/mol. The molecule has 9 nitrogen and oxygen atoms in total. The van der Waals surface area contributed by atoms with E-state index in [0.717, 1.165) is 12.1 Å². The minimum Gasteiger partial charge on any atom is -0.262 e. The van der Waals surface area contributed by atoms with Gasteiger partial charge in [-0.2, -0.15) is 5.10 Å². The fourth-order valence-corrected chi connectivity index (χ4v) is 3.16. The third-order valence-electron chi connectivity index (χ3n) is 2.58. The number of hydrogen-bond acceptors (Lipinski definition) is 6. The highest BCUT2D eigenvalue weighted by atomic mass is 35.5. The van der Waals surface area contributed by atoms with Gasteiger partial charge >= 0.3 is 0 Å². The van der Waals surface area contributed by atoms with Crippen LogP contribution in [0.5, 0.6) is 0 Å². The van der Waals surface area contributed by atoms with E-state index in [-0.39, 0.29) is 10.8 Å². The van der Waals surface area contributed by atoms with Crippen molar-refractivity contribution >= 4 is 27.3 Å². The predicted molar refractivity (Wildman–Crippen MR) is 73.2 cm³/mol. The number of aromatic amines is 1. The van der Waals surface area contributed by atoms with Gasteiger partial charge in [0.15, 0.2) is 4.90 Å². The molecule has 1 atom stereocenters. The van der Waals surface area contributed by atoms with Crippen LogP contribution in [0.4, 0.5) is 5.69 Å². The van der Waals surface area contributed by atoms with Crippen LogP contribution >= 0.6 is 11.6 Å². The molecule has 0 saturated heterocycles. The average molecular weight is 332 g/mol. The molecule has 0 saturated carbocycles. The van der Waals surface area contributed by atoms with Gasteiger partial charge in [-0.05, 0) is 19.1 Å². The van der Waals surface area contributed by atoms with Crippen molar-refractivity contribution in [2.75, 3.05) is 0 Å². The highest BCUT2D eigenvalue weighted by Gasteiger charge is 2.28. The number of hydrogen-bond donors (Lipinski definition) is 2. The Labute approximate surface area is 124 Å². The van der Waals surface area contributed by atoms with Gasteiger partial charge < -0.3 is 0 Å². The van der Waals surface area contributed by atoms with Crippen LogP contribution in [0.25, 0.3) is 0 Å². The van der Waals surface area contributed by atoms with Gasteiger partial charge in [0.2, 0.25) is 10.0 Å². The molecule has 11 heteroatoms. The van der Waals surface area contributed by atoms with E-state index in [1.165, 1.54) is 19.3 Å². The molecule has 112 valence electrons. The average Bonchev–Trinajstić information content (AvgIpc) is 2.91. The lowest BCUT2D eigenvalue weighted by atomic mass is 10.3. The Bertz CT molecular complexity index is 762. The van der Waals surface area contributed by atoms with Gasteiger partial charge in [0.05, 0.1) is 11.0 Å². The summed E-state index contributed by atoms with van der Waals surface area (Å²) in [6.07, 6.45) is 1.23.